The van der Waals surface area contributed by atoms with Crippen molar-refractivity contribution in [3.8, 4) is 11.5 Å². The first-order valence-electron chi connectivity index (χ1n) is 11.8. The van der Waals surface area contributed by atoms with Crippen LogP contribution >= 0.6 is 11.8 Å². The van der Waals surface area contributed by atoms with Gasteiger partial charge in [-0.05, 0) is 35.9 Å². The Hall–Kier alpha value is -3.72. The smallest absolute Gasteiger partial charge is 0.338 e. The Morgan fingerprint density at radius 1 is 1.22 bits per heavy atom. The lowest BCUT2D eigenvalue weighted by atomic mass is 9.95. The zero-order valence-corrected chi connectivity index (χ0v) is 21.5. The summed E-state index contributed by atoms with van der Waals surface area (Å²) in [5, 5.41) is 8.51. The number of rotatable bonds is 11. The van der Waals surface area contributed by atoms with Crippen LogP contribution in [0.5, 0.6) is 11.5 Å². The predicted molar refractivity (Wildman–Crippen MR) is 141 cm³/mol. The Balaban J connectivity index is 1.66. The lowest BCUT2D eigenvalue weighted by molar-refractivity contribution is -0.138. The highest BCUT2D eigenvalue weighted by atomic mass is 32.2. The number of anilines is 1. The van der Waals surface area contributed by atoms with Crippen molar-refractivity contribution in [2.45, 2.75) is 31.5 Å². The van der Waals surface area contributed by atoms with E-state index in [2.05, 4.69) is 34.1 Å². The number of nitrogens with one attached hydrogen (secondary N) is 1. The summed E-state index contributed by atoms with van der Waals surface area (Å²) in [4.78, 5) is 17.7. The Morgan fingerprint density at radius 2 is 2.03 bits per heavy atom. The van der Waals surface area contributed by atoms with E-state index in [4.69, 9.17) is 14.2 Å². The lowest BCUT2D eigenvalue weighted by Crippen LogP contribution is -2.29. The van der Waals surface area contributed by atoms with Crippen LogP contribution in [0.4, 0.5) is 5.95 Å². The maximum Gasteiger partial charge on any atom is 0.338 e. The molecular formula is C27H30N4O4S. The average Bonchev–Trinajstić information content (AvgIpc) is 3.29. The molecule has 4 rings (SSSR count). The molecule has 0 saturated carbocycles. The van der Waals surface area contributed by atoms with E-state index in [1.54, 1.807) is 17.9 Å². The molecule has 0 bridgehead atoms. The number of benzene rings is 2. The summed E-state index contributed by atoms with van der Waals surface area (Å²) in [5.74, 6) is 2.15. The summed E-state index contributed by atoms with van der Waals surface area (Å²) >= 11 is 1.53. The summed E-state index contributed by atoms with van der Waals surface area (Å²) in [7, 11) is 1.60. The minimum absolute atomic E-state index is 0.112. The van der Waals surface area contributed by atoms with Gasteiger partial charge in [0.05, 0.1) is 19.3 Å². The van der Waals surface area contributed by atoms with Crippen molar-refractivity contribution < 1.29 is 19.0 Å². The molecule has 3 aromatic rings. The summed E-state index contributed by atoms with van der Waals surface area (Å²) in [6.07, 6.45) is 2.32. The minimum Gasteiger partial charge on any atom is -0.493 e. The number of aromatic nitrogens is 3. The maximum absolute atomic E-state index is 13.1. The van der Waals surface area contributed by atoms with Crippen LogP contribution in [0.25, 0.3) is 0 Å². The van der Waals surface area contributed by atoms with Gasteiger partial charge < -0.3 is 19.5 Å². The lowest BCUT2D eigenvalue weighted by Gasteiger charge is -2.28. The van der Waals surface area contributed by atoms with Crippen LogP contribution in [0.15, 0.2) is 77.6 Å². The SMILES string of the molecule is C=CCOC(=O)C1=C(C)Nc2nc(SCC)nn2C1c1ccc(OCCc2ccccc2)c(OC)c1. The van der Waals surface area contributed by atoms with Crippen molar-refractivity contribution in [1.82, 2.24) is 14.8 Å². The van der Waals surface area contributed by atoms with E-state index in [9.17, 15) is 4.79 Å². The Bertz CT molecular complexity index is 1260. The second kappa shape index (κ2) is 11.8. The van der Waals surface area contributed by atoms with Crippen LogP contribution in [0, 0.1) is 0 Å². The molecule has 1 atom stereocenters. The number of carbonyl (C=O) groups is 1. The Kier molecular flexibility index (Phi) is 8.32. The summed E-state index contributed by atoms with van der Waals surface area (Å²) in [6.45, 7) is 8.14. The van der Waals surface area contributed by atoms with Crippen LogP contribution in [0.3, 0.4) is 0 Å². The molecule has 0 spiro atoms. The molecule has 0 fully saturated rings. The molecule has 1 N–H and O–H groups in total. The third-order valence-electron chi connectivity index (χ3n) is 5.65. The van der Waals surface area contributed by atoms with E-state index >= 15 is 0 Å². The van der Waals surface area contributed by atoms with Crippen molar-refractivity contribution in [1.29, 1.82) is 0 Å². The molecule has 0 aliphatic carbocycles. The summed E-state index contributed by atoms with van der Waals surface area (Å²) in [6, 6.07) is 15.3. The fraction of sp³-hybridized carbons (Fsp3) is 0.296. The van der Waals surface area contributed by atoms with Gasteiger partial charge in [-0.3, -0.25) is 0 Å². The van der Waals surface area contributed by atoms with Gasteiger partial charge in [0, 0.05) is 12.1 Å². The predicted octanol–water partition coefficient (Wildman–Crippen LogP) is 5.04. The van der Waals surface area contributed by atoms with Crippen LogP contribution in [-0.2, 0) is 16.0 Å². The van der Waals surface area contributed by atoms with E-state index in [1.807, 2.05) is 50.2 Å². The van der Waals surface area contributed by atoms with Crippen molar-refractivity contribution >= 4 is 23.7 Å². The zero-order chi connectivity index (χ0) is 25.5. The molecule has 188 valence electrons. The molecule has 9 heteroatoms. The van der Waals surface area contributed by atoms with E-state index in [0.717, 1.165) is 17.7 Å². The number of methoxy groups -OCH3 is 1. The molecule has 1 aliphatic heterocycles. The second-order valence-corrected chi connectivity index (χ2v) is 9.27. The molecule has 0 amide bonds. The highest BCUT2D eigenvalue weighted by molar-refractivity contribution is 7.99. The van der Waals surface area contributed by atoms with Crippen LogP contribution in [-0.4, -0.2) is 46.8 Å². The molecule has 8 nitrogen and oxygen atoms in total. The molecular weight excluding hydrogens is 476 g/mol. The van der Waals surface area contributed by atoms with Gasteiger partial charge in [0.1, 0.15) is 12.6 Å². The van der Waals surface area contributed by atoms with Crippen molar-refractivity contribution in [3.05, 3.63) is 83.6 Å². The van der Waals surface area contributed by atoms with E-state index in [-0.39, 0.29) is 6.61 Å². The number of esters is 1. The molecule has 2 heterocycles. The number of hydrogen-bond donors (Lipinski definition) is 1. The fourth-order valence-electron chi connectivity index (χ4n) is 4.00. The van der Waals surface area contributed by atoms with Crippen molar-refractivity contribution in [2.75, 3.05) is 31.4 Å². The number of carbonyl (C=O) groups excluding carboxylic acids is 1. The Labute approximate surface area is 215 Å². The summed E-state index contributed by atoms with van der Waals surface area (Å²) in [5.41, 5.74) is 3.10. The second-order valence-electron chi connectivity index (χ2n) is 8.04. The van der Waals surface area contributed by atoms with E-state index in [1.165, 1.54) is 17.3 Å². The van der Waals surface area contributed by atoms with Gasteiger partial charge in [0.2, 0.25) is 11.1 Å². The highest BCUT2D eigenvalue weighted by Gasteiger charge is 2.35. The van der Waals surface area contributed by atoms with Crippen molar-refractivity contribution in [3.63, 3.8) is 0 Å². The zero-order valence-electron chi connectivity index (χ0n) is 20.7. The van der Waals surface area contributed by atoms with Gasteiger partial charge in [0.15, 0.2) is 11.5 Å². The topological polar surface area (TPSA) is 87.5 Å². The number of hydrogen-bond acceptors (Lipinski definition) is 8. The third-order valence-corrected chi connectivity index (χ3v) is 6.37. The first-order valence-corrected chi connectivity index (χ1v) is 12.7. The summed E-state index contributed by atoms with van der Waals surface area (Å²) < 4.78 is 18.8. The molecule has 2 aromatic carbocycles. The molecule has 0 saturated heterocycles. The number of ether oxygens (including phenoxy) is 3. The van der Waals surface area contributed by atoms with Gasteiger partial charge in [-0.15, -0.1) is 5.10 Å². The molecule has 0 radical (unpaired) electrons. The number of nitrogens with zero attached hydrogens (tertiary/aromatic N) is 3. The number of thioether (sulfide) groups is 1. The van der Waals surface area contributed by atoms with Gasteiger partial charge in [0.25, 0.3) is 0 Å². The van der Waals surface area contributed by atoms with Gasteiger partial charge >= 0.3 is 5.97 Å². The molecule has 1 aliphatic rings. The highest BCUT2D eigenvalue weighted by Crippen LogP contribution is 2.39. The van der Waals surface area contributed by atoms with Crippen LogP contribution in [0.2, 0.25) is 0 Å². The number of fused-ring (bicyclic) bond motifs is 1. The van der Waals surface area contributed by atoms with Crippen LogP contribution in [0.1, 0.15) is 31.0 Å². The fourth-order valence-corrected chi connectivity index (χ4v) is 4.56. The third kappa shape index (κ3) is 5.57. The van der Waals surface area contributed by atoms with Crippen LogP contribution < -0.4 is 14.8 Å². The van der Waals surface area contributed by atoms with Gasteiger partial charge in [-0.2, -0.15) is 4.98 Å². The van der Waals surface area contributed by atoms with E-state index < -0.39 is 12.0 Å². The van der Waals surface area contributed by atoms with Gasteiger partial charge in [-0.1, -0.05) is 67.7 Å². The largest absolute Gasteiger partial charge is 0.493 e. The molecule has 1 unspecified atom stereocenters. The van der Waals surface area contributed by atoms with E-state index in [0.29, 0.717) is 40.5 Å². The maximum atomic E-state index is 13.1. The Morgan fingerprint density at radius 3 is 2.75 bits per heavy atom. The van der Waals surface area contributed by atoms with Crippen molar-refractivity contribution in [2.24, 2.45) is 0 Å². The van der Waals surface area contributed by atoms with Gasteiger partial charge in [-0.25, -0.2) is 9.48 Å². The first kappa shape index (κ1) is 25.4. The molecule has 36 heavy (non-hydrogen) atoms. The first-order chi connectivity index (χ1) is 17.5. The normalized spacial score (nSPS) is 14.6. The minimum atomic E-state index is -0.551. The molecule has 1 aromatic heterocycles. The number of allylic oxidation sites excluding steroid dienone is 1. The monoisotopic (exact) mass is 506 g/mol. The standard InChI is InChI=1S/C27H30N4O4S/c1-5-15-35-25(32)23-18(3)28-26-29-27(36-6-2)30-31(26)24(23)20-12-13-21(22(17-20)33-4)34-16-14-19-10-8-7-9-11-19/h5,7-13,17,24H,1,6,14-16H2,2-4H3,(H,28,29,30). The quantitative estimate of drug-likeness (QED) is 0.220. The average molecular weight is 507 g/mol.